The fourth-order valence-electron chi connectivity index (χ4n) is 2.02. The SMILES string of the molecule is Cc1c(C(=O)O)sc2ncnc(SCc3nccn3C)c12. The molecule has 0 unspecified atom stereocenters. The summed E-state index contributed by atoms with van der Waals surface area (Å²) in [5, 5.41) is 10.8. The molecular weight excluding hydrogens is 308 g/mol. The van der Waals surface area contributed by atoms with Crippen molar-refractivity contribution in [2.24, 2.45) is 7.05 Å². The Balaban J connectivity index is 1.99. The molecule has 0 saturated carbocycles. The number of carboxylic acids is 1. The van der Waals surface area contributed by atoms with E-state index in [9.17, 15) is 9.90 Å². The number of aromatic nitrogens is 4. The van der Waals surface area contributed by atoms with Crippen molar-refractivity contribution < 1.29 is 9.90 Å². The maximum atomic E-state index is 11.2. The monoisotopic (exact) mass is 320 g/mol. The molecule has 0 aliphatic rings. The molecule has 21 heavy (non-hydrogen) atoms. The fourth-order valence-corrected chi connectivity index (χ4v) is 4.13. The summed E-state index contributed by atoms with van der Waals surface area (Å²) >= 11 is 2.73. The Bertz CT molecular complexity index is 825. The Hall–Kier alpha value is -1.93. The number of fused-ring (bicyclic) bond motifs is 1. The molecule has 0 aliphatic heterocycles. The van der Waals surface area contributed by atoms with E-state index >= 15 is 0 Å². The minimum atomic E-state index is -0.921. The largest absolute Gasteiger partial charge is 0.477 e. The van der Waals surface area contributed by atoms with E-state index in [0.29, 0.717) is 15.5 Å². The lowest BCUT2D eigenvalue weighted by Gasteiger charge is -2.03. The lowest BCUT2D eigenvalue weighted by molar-refractivity contribution is 0.0701. The number of thiophene rings is 1. The third-order valence-corrected chi connectivity index (χ3v) is 5.32. The van der Waals surface area contributed by atoms with Crippen molar-refractivity contribution in [2.45, 2.75) is 17.7 Å². The molecule has 0 aromatic carbocycles. The average molecular weight is 320 g/mol. The average Bonchev–Trinajstić information content (AvgIpc) is 3.01. The van der Waals surface area contributed by atoms with Crippen molar-refractivity contribution in [3.05, 3.63) is 35.0 Å². The first-order valence-corrected chi connectivity index (χ1v) is 7.94. The normalized spacial score (nSPS) is 11.1. The molecule has 0 amide bonds. The zero-order valence-corrected chi connectivity index (χ0v) is 13.0. The highest BCUT2D eigenvalue weighted by molar-refractivity contribution is 7.98. The summed E-state index contributed by atoms with van der Waals surface area (Å²) in [6, 6.07) is 0. The third kappa shape index (κ3) is 2.52. The standard InChI is InChI=1S/C13H12N4O2S2/c1-7-9-11(20-5-8-14-3-4-17(8)2)15-6-16-12(9)21-10(7)13(18)19/h3-4,6H,5H2,1-2H3,(H,18,19). The van der Waals surface area contributed by atoms with Crippen molar-refractivity contribution in [3.8, 4) is 0 Å². The molecule has 0 atom stereocenters. The minimum Gasteiger partial charge on any atom is -0.477 e. The van der Waals surface area contributed by atoms with Crippen molar-refractivity contribution in [2.75, 3.05) is 0 Å². The number of imidazole rings is 1. The summed E-state index contributed by atoms with van der Waals surface area (Å²) in [5.41, 5.74) is 0.727. The molecule has 0 aliphatic carbocycles. The molecule has 0 radical (unpaired) electrons. The van der Waals surface area contributed by atoms with Crippen LogP contribution in [-0.2, 0) is 12.8 Å². The highest BCUT2D eigenvalue weighted by Crippen LogP contribution is 2.35. The number of aryl methyl sites for hydroxylation is 2. The summed E-state index contributed by atoms with van der Waals surface area (Å²) in [5.74, 6) is 0.696. The van der Waals surface area contributed by atoms with Gasteiger partial charge < -0.3 is 9.67 Å². The molecule has 3 aromatic heterocycles. The summed E-state index contributed by atoms with van der Waals surface area (Å²) < 4.78 is 1.95. The number of nitrogens with zero attached hydrogens (tertiary/aromatic N) is 4. The van der Waals surface area contributed by atoms with Crippen LogP contribution in [0.1, 0.15) is 21.1 Å². The summed E-state index contributed by atoms with van der Waals surface area (Å²) in [6.07, 6.45) is 5.12. The molecule has 3 aromatic rings. The number of rotatable bonds is 4. The van der Waals surface area contributed by atoms with Gasteiger partial charge in [-0.3, -0.25) is 0 Å². The van der Waals surface area contributed by atoms with Crippen molar-refractivity contribution in [3.63, 3.8) is 0 Å². The van der Waals surface area contributed by atoms with Crippen LogP contribution in [0, 0.1) is 6.92 Å². The quantitative estimate of drug-likeness (QED) is 0.588. The van der Waals surface area contributed by atoms with Crippen LogP contribution in [-0.4, -0.2) is 30.6 Å². The van der Waals surface area contributed by atoms with Crippen LogP contribution >= 0.6 is 23.1 Å². The van der Waals surface area contributed by atoms with Crippen LogP contribution < -0.4 is 0 Å². The second-order valence-corrected chi connectivity index (χ2v) is 6.43. The zero-order chi connectivity index (χ0) is 15.0. The number of hydrogen-bond donors (Lipinski definition) is 1. The van der Waals surface area contributed by atoms with Gasteiger partial charge in [0, 0.05) is 24.8 Å². The Kier molecular flexibility index (Phi) is 3.64. The summed E-state index contributed by atoms with van der Waals surface area (Å²) in [7, 11) is 1.94. The molecule has 6 nitrogen and oxygen atoms in total. The van der Waals surface area contributed by atoms with Crippen LogP contribution in [0.25, 0.3) is 10.2 Å². The van der Waals surface area contributed by atoms with Gasteiger partial charge in [-0.1, -0.05) is 11.8 Å². The van der Waals surface area contributed by atoms with Gasteiger partial charge >= 0.3 is 5.97 Å². The topological polar surface area (TPSA) is 80.9 Å². The smallest absolute Gasteiger partial charge is 0.346 e. The second-order valence-electron chi connectivity index (χ2n) is 4.46. The zero-order valence-electron chi connectivity index (χ0n) is 11.4. The number of hydrogen-bond acceptors (Lipinski definition) is 6. The molecule has 8 heteroatoms. The van der Waals surface area contributed by atoms with E-state index in [-0.39, 0.29) is 0 Å². The number of aromatic carboxylic acids is 1. The van der Waals surface area contributed by atoms with Gasteiger partial charge in [-0.25, -0.2) is 19.7 Å². The van der Waals surface area contributed by atoms with E-state index < -0.39 is 5.97 Å². The van der Waals surface area contributed by atoms with Gasteiger partial charge in [0.25, 0.3) is 0 Å². The van der Waals surface area contributed by atoms with Gasteiger partial charge in [0.05, 0.1) is 5.75 Å². The van der Waals surface area contributed by atoms with Gasteiger partial charge in [0.15, 0.2) is 0 Å². The number of carboxylic acid groups (broad SMARTS) is 1. The molecule has 0 fully saturated rings. The van der Waals surface area contributed by atoms with E-state index in [2.05, 4.69) is 15.0 Å². The molecule has 0 saturated heterocycles. The van der Waals surface area contributed by atoms with E-state index in [0.717, 1.165) is 21.8 Å². The lowest BCUT2D eigenvalue weighted by Crippen LogP contribution is -1.96. The van der Waals surface area contributed by atoms with Crippen LogP contribution in [0.4, 0.5) is 0 Å². The molecule has 108 valence electrons. The molecule has 0 spiro atoms. The van der Waals surface area contributed by atoms with E-state index in [4.69, 9.17) is 0 Å². The minimum absolute atomic E-state index is 0.323. The third-order valence-electron chi connectivity index (χ3n) is 3.15. The first kappa shape index (κ1) is 14.0. The van der Waals surface area contributed by atoms with Crippen LogP contribution in [0.15, 0.2) is 23.7 Å². The van der Waals surface area contributed by atoms with E-state index in [1.165, 1.54) is 17.7 Å². The maximum absolute atomic E-state index is 11.2. The van der Waals surface area contributed by atoms with Gasteiger partial charge in [-0.05, 0) is 12.5 Å². The Morgan fingerprint density at radius 3 is 2.90 bits per heavy atom. The Morgan fingerprint density at radius 2 is 2.24 bits per heavy atom. The second kappa shape index (κ2) is 5.45. The predicted molar refractivity (Wildman–Crippen MR) is 81.9 cm³/mol. The highest BCUT2D eigenvalue weighted by Gasteiger charge is 2.18. The molecule has 1 N–H and O–H groups in total. The molecular formula is C13H12N4O2S2. The fraction of sp³-hybridized carbons (Fsp3) is 0.231. The van der Waals surface area contributed by atoms with Gasteiger partial charge in [0.2, 0.25) is 0 Å². The number of carbonyl (C=O) groups is 1. The first-order chi connectivity index (χ1) is 10.1. The van der Waals surface area contributed by atoms with Gasteiger partial charge in [-0.2, -0.15) is 0 Å². The Morgan fingerprint density at radius 1 is 1.43 bits per heavy atom. The van der Waals surface area contributed by atoms with Crippen LogP contribution in [0.2, 0.25) is 0 Å². The van der Waals surface area contributed by atoms with Crippen molar-refractivity contribution in [1.29, 1.82) is 0 Å². The predicted octanol–water partition coefficient (Wildman–Crippen LogP) is 2.72. The van der Waals surface area contributed by atoms with E-state index in [1.807, 2.05) is 17.8 Å². The molecule has 0 bridgehead atoms. The summed E-state index contributed by atoms with van der Waals surface area (Å²) in [4.78, 5) is 25.0. The van der Waals surface area contributed by atoms with Gasteiger partial charge in [-0.15, -0.1) is 11.3 Å². The summed E-state index contributed by atoms with van der Waals surface area (Å²) in [6.45, 7) is 1.80. The van der Waals surface area contributed by atoms with Crippen LogP contribution in [0.3, 0.4) is 0 Å². The van der Waals surface area contributed by atoms with Gasteiger partial charge in [0.1, 0.15) is 26.9 Å². The highest BCUT2D eigenvalue weighted by atomic mass is 32.2. The maximum Gasteiger partial charge on any atom is 0.346 e. The van der Waals surface area contributed by atoms with Crippen molar-refractivity contribution >= 4 is 39.3 Å². The van der Waals surface area contributed by atoms with Crippen molar-refractivity contribution in [1.82, 2.24) is 19.5 Å². The molecule has 3 heterocycles. The van der Waals surface area contributed by atoms with Crippen LogP contribution in [0.5, 0.6) is 0 Å². The Labute approximate surface area is 128 Å². The lowest BCUT2D eigenvalue weighted by atomic mass is 10.2. The molecule has 3 rings (SSSR count). The number of thioether (sulfide) groups is 1. The first-order valence-electron chi connectivity index (χ1n) is 6.14. The van der Waals surface area contributed by atoms with E-state index in [1.54, 1.807) is 24.9 Å².